The minimum absolute atomic E-state index is 0.0381. The quantitative estimate of drug-likeness (QED) is 0.249. The number of carbonyl (C=O) groups excluding carboxylic acids is 2. The van der Waals surface area contributed by atoms with Crippen LogP contribution in [0.15, 0.2) is 54.9 Å². The number of rotatable bonds is 7. The number of fused-ring (bicyclic) bond motifs is 1. The maximum Gasteiger partial charge on any atom is 0.324 e. The molecular formula is C30H34FN7O3. The van der Waals surface area contributed by atoms with Crippen molar-refractivity contribution in [1.29, 1.82) is 0 Å². The summed E-state index contributed by atoms with van der Waals surface area (Å²) in [6, 6.07) is 11.9. The molecule has 0 radical (unpaired) electrons. The third kappa shape index (κ3) is 4.98. The highest BCUT2D eigenvalue weighted by atomic mass is 19.1. The first-order valence-electron chi connectivity index (χ1n) is 13.4. The Balaban J connectivity index is 1.57. The number of amides is 3. The third-order valence-electron chi connectivity index (χ3n) is 7.67. The molecule has 3 amide bonds. The predicted molar refractivity (Wildman–Crippen MR) is 157 cm³/mol. The third-order valence-corrected chi connectivity index (χ3v) is 7.67. The smallest absolute Gasteiger partial charge is 0.324 e. The van der Waals surface area contributed by atoms with Gasteiger partial charge in [0.25, 0.3) is 5.91 Å². The van der Waals surface area contributed by atoms with Crippen LogP contribution in [0.4, 0.5) is 14.9 Å². The number of likely N-dealkylation sites (tertiary alicyclic amines) is 1. The molecule has 41 heavy (non-hydrogen) atoms. The van der Waals surface area contributed by atoms with Crippen molar-refractivity contribution >= 4 is 28.7 Å². The molecule has 1 saturated heterocycles. The molecule has 10 nitrogen and oxygen atoms in total. The lowest BCUT2D eigenvalue weighted by Crippen LogP contribution is -2.64. The molecule has 3 heterocycles. The average molecular weight is 560 g/mol. The van der Waals surface area contributed by atoms with Crippen LogP contribution in [-0.4, -0.2) is 79.3 Å². The van der Waals surface area contributed by atoms with Crippen LogP contribution in [0.1, 0.15) is 23.2 Å². The molecule has 4 aromatic rings. The monoisotopic (exact) mass is 559 g/mol. The summed E-state index contributed by atoms with van der Waals surface area (Å²) in [6.45, 7) is 0.473. The molecule has 0 spiro atoms. The summed E-state index contributed by atoms with van der Waals surface area (Å²) in [5, 5.41) is 9.79. The molecular weight excluding hydrogens is 525 g/mol. The van der Waals surface area contributed by atoms with E-state index in [2.05, 4.69) is 25.9 Å². The van der Waals surface area contributed by atoms with Crippen molar-refractivity contribution < 1.29 is 18.7 Å². The Morgan fingerprint density at radius 3 is 2.56 bits per heavy atom. The fourth-order valence-corrected chi connectivity index (χ4v) is 5.47. The van der Waals surface area contributed by atoms with Crippen molar-refractivity contribution in [1.82, 2.24) is 30.4 Å². The number of carbonyl (C=O) groups is 2. The van der Waals surface area contributed by atoms with Gasteiger partial charge in [-0.15, -0.1) is 0 Å². The van der Waals surface area contributed by atoms with Crippen LogP contribution in [0.5, 0.6) is 5.75 Å². The Morgan fingerprint density at radius 2 is 1.85 bits per heavy atom. The number of ether oxygens (including phenoxy) is 1. The van der Waals surface area contributed by atoms with Gasteiger partial charge in [-0.3, -0.25) is 20.3 Å². The molecule has 2 aromatic heterocycles. The van der Waals surface area contributed by atoms with Gasteiger partial charge in [-0.05, 0) is 50.3 Å². The van der Waals surface area contributed by atoms with E-state index < -0.39 is 23.5 Å². The van der Waals surface area contributed by atoms with Gasteiger partial charge in [-0.25, -0.2) is 14.2 Å². The largest absolute Gasteiger partial charge is 0.496 e. The standard InChI is InChI=1S/C30H34FN7O3/c1-32-30(33-2)11-8-12-38(30)29(40)36-26-22(28(39)37(3)4)13-18(15-24(26)31)19-14-21-23(17-35-27(21)34-16-19)20-9-6-7-10-25(20)41-5/h6-7,9-10,13-17,32-33H,8,11-12H2,1-5H3,(H,34,35)(H,36,40). The highest BCUT2D eigenvalue weighted by molar-refractivity contribution is 6.05. The van der Waals surface area contributed by atoms with E-state index in [0.717, 1.165) is 22.9 Å². The number of anilines is 1. The van der Waals surface area contributed by atoms with E-state index >= 15 is 4.39 Å². The maximum atomic E-state index is 15.8. The molecule has 11 heteroatoms. The number of nitrogens with one attached hydrogen (secondary N) is 4. The summed E-state index contributed by atoms with van der Waals surface area (Å²) in [5.74, 6) is -1.22. The molecule has 1 fully saturated rings. The van der Waals surface area contributed by atoms with Crippen molar-refractivity contribution in [3.8, 4) is 28.0 Å². The lowest BCUT2D eigenvalue weighted by atomic mass is 9.99. The second-order valence-corrected chi connectivity index (χ2v) is 10.1. The fraction of sp³-hybridized carbons (Fsp3) is 0.300. The predicted octanol–water partition coefficient (Wildman–Crippen LogP) is 4.47. The first kappa shape index (κ1) is 28.1. The number of H-pyrrole nitrogens is 1. The first-order valence-corrected chi connectivity index (χ1v) is 13.4. The number of halogens is 1. The SMILES string of the molecule is CNC1(NC)CCCN1C(=O)Nc1c(F)cc(-c2cnc3[nH]cc(-c4ccccc4OC)c3c2)cc1C(=O)N(C)C. The molecule has 0 aliphatic carbocycles. The van der Waals surface area contributed by atoms with Gasteiger partial charge in [0.1, 0.15) is 23.0 Å². The highest BCUT2D eigenvalue weighted by Crippen LogP contribution is 2.37. The number of para-hydroxylation sites is 1. The number of hydrogen-bond acceptors (Lipinski definition) is 6. The summed E-state index contributed by atoms with van der Waals surface area (Å²) in [5.41, 5.74) is 3.35. The van der Waals surface area contributed by atoms with E-state index in [-0.39, 0.29) is 11.3 Å². The topological polar surface area (TPSA) is 115 Å². The summed E-state index contributed by atoms with van der Waals surface area (Å²) >= 11 is 0. The van der Waals surface area contributed by atoms with Crippen LogP contribution in [0, 0.1) is 5.82 Å². The van der Waals surface area contributed by atoms with Crippen molar-refractivity contribution in [3.63, 3.8) is 0 Å². The summed E-state index contributed by atoms with van der Waals surface area (Å²) in [6.07, 6.45) is 4.93. The van der Waals surface area contributed by atoms with Gasteiger partial charge in [0.2, 0.25) is 0 Å². The Bertz CT molecular complexity index is 1610. The second kappa shape index (κ2) is 11.2. The first-order chi connectivity index (χ1) is 19.7. The fourth-order valence-electron chi connectivity index (χ4n) is 5.47. The molecule has 0 saturated carbocycles. The van der Waals surface area contributed by atoms with E-state index in [1.807, 2.05) is 36.5 Å². The Labute approximate surface area is 237 Å². The van der Waals surface area contributed by atoms with Crippen LogP contribution in [0.3, 0.4) is 0 Å². The maximum absolute atomic E-state index is 15.8. The minimum atomic E-state index is -0.761. The number of urea groups is 1. The van der Waals surface area contributed by atoms with Crippen LogP contribution in [0.2, 0.25) is 0 Å². The summed E-state index contributed by atoms with van der Waals surface area (Å²) < 4.78 is 21.4. The zero-order valence-electron chi connectivity index (χ0n) is 23.8. The second-order valence-electron chi connectivity index (χ2n) is 10.1. The van der Waals surface area contributed by atoms with Crippen LogP contribution in [0.25, 0.3) is 33.3 Å². The Morgan fingerprint density at radius 1 is 1.10 bits per heavy atom. The zero-order chi connectivity index (χ0) is 29.3. The Kier molecular flexibility index (Phi) is 7.65. The van der Waals surface area contributed by atoms with Crippen molar-refractivity contribution in [3.05, 3.63) is 66.2 Å². The summed E-state index contributed by atoms with van der Waals surface area (Å²) in [4.78, 5) is 37.3. The van der Waals surface area contributed by atoms with Gasteiger partial charge in [0.15, 0.2) is 0 Å². The zero-order valence-corrected chi connectivity index (χ0v) is 23.8. The number of aromatic nitrogens is 2. The van der Waals surface area contributed by atoms with E-state index in [1.54, 1.807) is 52.5 Å². The normalized spacial score (nSPS) is 14.3. The Hall–Kier alpha value is -4.48. The van der Waals surface area contributed by atoms with Crippen LogP contribution in [-0.2, 0) is 0 Å². The molecule has 0 unspecified atom stereocenters. The van der Waals surface area contributed by atoms with E-state index in [9.17, 15) is 9.59 Å². The molecule has 0 bridgehead atoms. The van der Waals surface area contributed by atoms with Crippen molar-refractivity contribution in [2.45, 2.75) is 18.6 Å². The van der Waals surface area contributed by atoms with Gasteiger partial charge in [-0.2, -0.15) is 0 Å². The van der Waals surface area contributed by atoms with Crippen LogP contribution >= 0.6 is 0 Å². The van der Waals surface area contributed by atoms with E-state index in [0.29, 0.717) is 35.5 Å². The molecule has 2 aromatic carbocycles. The lowest BCUT2D eigenvalue weighted by molar-refractivity contribution is 0.0828. The lowest BCUT2D eigenvalue weighted by Gasteiger charge is -2.38. The summed E-state index contributed by atoms with van der Waals surface area (Å²) in [7, 11) is 8.29. The average Bonchev–Trinajstić information content (AvgIpc) is 3.62. The number of hydrogen-bond donors (Lipinski definition) is 4. The van der Waals surface area contributed by atoms with Crippen LogP contribution < -0.4 is 20.7 Å². The molecule has 5 rings (SSSR count). The number of methoxy groups -OCH3 is 1. The van der Waals surface area contributed by atoms with Gasteiger partial charge < -0.3 is 19.9 Å². The van der Waals surface area contributed by atoms with E-state index in [4.69, 9.17) is 4.74 Å². The number of pyridine rings is 1. The van der Waals surface area contributed by atoms with Gasteiger partial charge >= 0.3 is 6.03 Å². The molecule has 214 valence electrons. The van der Waals surface area contributed by atoms with Gasteiger partial charge in [-0.1, -0.05) is 18.2 Å². The number of aromatic amines is 1. The van der Waals surface area contributed by atoms with Gasteiger partial charge in [0, 0.05) is 61.5 Å². The van der Waals surface area contributed by atoms with Crippen molar-refractivity contribution in [2.24, 2.45) is 0 Å². The highest BCUT2D eigenvalue weighted by Gasteiger charge is 2.42. The molecule has 4 N–H and O–H groups in total. The molecule has 1 aliphatic heterocycles. The number of benzene rings is 2. The van der Waals surface area contributed by atoms with Gasteiger partial charge in [0.05, 0.1) is 18.4 Å². The number of nitrogens with zero attached hydrogens (tertiary/aromatic N) is 3. The van der Waals surface area contributed by atoms with Crippen molar-refractivity contribution in [2.75, 3.05) is 47.2 Å². The minimum Gasteiger partial charge on any atom is -0.496 e. The van der Waals surface area contributed by atoms with E-state index in [1.165, 1.54) is 11.0 Å². The molecule has 0 atom stereocenters. The molecule has 1 aliphatic rings.